The van der Waals surface area contributed by atoms with Gasteiger partial charge in [-0.3, -0.25) is 19.3 Å². The molecular weight excluding hydrogens is 318 g/mol. The fourth-order valence-corrected chi connectivity index (χ4v) is 2.71. The van der Waals surface area contributed by atoms with E-state index in [2.05, 4.69) is 9.97 Å². The summed E-state index contributed by atoms with van der Waals surface area (Å²) in [5.41, 5.74) is 7.27. The maximum absolute atomic E-state index is 12.3. The van der Waals surface area contributed by atoms with Crippen molar-refractivity contribution < 1.29 is 0 Å². The highest BCUT2D eigenvalue weighted by atomic mass is 16.2. The Hall–Kier alpha value is -3.35. The lowest BCUT2D eigenvalue weighted by Crippen LogP contribution is -2.37. The minimum absolute atomic E-state index is 0.143. The van der Waals surface area contributed by atoms with Crippen LogP contribution in [0.5, 0.6) is 0 Å². The van der Waals surface area contributed by atoms with Crippen molar-refractivity contribution in [3.63, 3.8) is 0 Å². The summed E-state index contributed by atoms with van der Waals surface area (Å²) >= 11 is 0. The van der Waals surface area contributed by atoms with Gasteiger partial charge in [-0.05, 0) is 17.2 Å². The van der Waals surface area contributed by atoms with Crippen LogP contribution < -0.4 is 21.9 Å². The summed E-state index contributed by atoms with van der Waals surface area (Å²) in [5.74, 6) is 0.143. The first kappa shape index (κ1) is 16.5. The molecule has 0 aliphatic heterocycles. The second-order valence-corrected chi connectivity index (χ2v) is 5.78. The smallest absolute Gasteiger partial charge is 0.330 e. The van der Waals surface area contributed by atoms with Crippen molar-refractivity contribution in [2.45, 2.75) is 13.1 Å². The summed E-state index contributed by atoms with van der Waals surface area (Å²) in [6, 6.07) is 13.2. The minimum Gasteiger partial charge on any atom is -0.383 e. The van der Waals surface area contributed by atoms with Crippen LogP contribution in [0.25, 0.3) is 0 Å². The van der Waals surface area contributed by atoms with E-state index in [1.54, 1.807) is 24.3 Å². The topological polar surface area (TPSA) is 97.0 Å². The zero-order chi connectivity index (χ0) is 17.8. The Bertz CT molecular complexity index is 964. The number of anilines is 2. The number of hydrogen-bond donors (Lipinski definition) is 2. The van der Waals surface area contributed by atoms with Gasteiger partial charge in [-0.25, -0.2) is 4.79 Å². The minimum atomic E-state index is -0.523. The number of nitrogen functional groups attached to an aromatic ring is 1. The zero-order valence-electron chi connectivity index (χ0n) is 13.8. The summed E-state index contributed by atoms with van der Waals surface area (Å²) in [4.78, 5) is 32.6. The van der Waals surface area contributed by atoms with Crippen molar-refractivity contribution in [1.29, 1.82) is 0 Å². The number of rotatable bonds is 5. The number of nitrogens with two attached hydrogens (primary N) is 1. The van der Waals surface area contributed by atoms with E-state index < -0.39 is 11.2 Å². The van der Waals surface area contributed by atoms with E-state index in [1.165, 1.54) is 4.57 Å². The highest BCUT2D eigenvalue weighted by Crippen LogP contribution is 2.18. The number of H-pyrrole nitrogens is 1. The highest BCUT2D eigenvalue weighted by Gasteiger charge is 2.16. The number of aromatic nitrogens is 3. The lowest BCUT2D eigenvalue weighted by atomic mass is 10.2. The normalized spacial score (nSPS) is 10.6. The number of nitrogens with one attached hydrogen (secondary N) is 1. The van der Waals surface area contributed by atoms with Gasteiger partial charge in [0.2, 0.25) is 0 Å². The van der Waals surface area contributed by atoms with Crippen LogP contribution >= 0.6 is 0 Å². The largest absolute Gasteiger partial charge is 0.383 e. The first-order valence-corrected chi connectivity index (χ1v) is 7.83. The van der Waals surface area contributed by atoms with Crippen LogP contribution in [0.2, 0.25) is 0 Å². The van der Waals surface area contributed by atoms with Crippen molar-refractivity contribution in [2.75, 3.05) is 17.7 Å². The van der Waals surface area contributed by atoms with E-state index in [0.717, 1.165) is 11.1 Å². The van der Waals surface area contributed by atoms with Crippen LogP contribution in [0.1, 0.15) is 11.1 Å². The quantitative estimate of drug-likeness (QED) is 0.729. The van der Waals surface area contributed by atoms with Gasteiger partial charge in [0.05, 0.1) is 6.54 Å². The Labute approximate surface area is 144 Å². The summed E-state index contributed by atoms with van der Waals surface area (Å²) in [5, 5.41) is 0. The molecule has 7 heteroatoms. The molecule has 0 saturated heterocycles. The molecule has 0 aliphatic rings. The predicted molar refractivity (Wildman–Crippen MR) is 97.6 cm³/mol. The van der Waals surface area contributed by atoms with Gasteiger partial charge in [0.25, 0.3) is 5.56 Å². The second-order valence-electron chi connectivity index (χ2n) is 5.78. The van der Waals surface area contributed by atoms with E-state index in [1.807, 2.05) is 42.5 Å². The highest BCUT2D eigenvalue weighted by molar-refractivity contribution is 5.62. The maximum atomic E-state index is 12.3. The van der Waals surface area contributed by atoms with Crippen LogP contribution in [-0.4, -0.2) is 21.6 Å². The molecule has 2 aromatic heterocycles. The molecule has 1 aromatic carbocycles. The van der Waals surface area contributed by atoms with E-state index in [4.69, 9.17) is 5.73 Å². The van der Waals surface area contributed by atoms with Gasteiger partial charge in [-0.1, -0.05) is 36.4 Å². The molecule has 0 atom stereocenters. The molecule has 0 fully saturated rings. The fourth-order valence-electron chi connectivity index (χ4n) is 2.71. The maximum Gasteiger partial charge on any atom is 0.330 e. The Kier molecular flexibility index (Phi) is 4.65. The lowest BCUT2D eigenvalue weighted by Gasteiger charge is -2.21. The van der Waals surface area contributed by atoms with E-state index >= 15 is 0 Å². The molecule has 0 spiro atoms. The molecule has 2 heterocycles. The molecule has 3 aromatic rings. The average Bonchev–Trinajstić information content (AvgIpc) is 2.60. The Balaban J connectivity index is 1.98. The number of nitrogens with zero attached hydrogens (tertiary/aromatic N) is 3. The van der Waals surface area contributed by atoms with Crippen molar-refractivity contribution in [3.8, 4) is 0 Å². The lowest BCUT2D eigenvalue weighted by molar-refractivity contribution is 0.725. The molecule has 0 saturated carbocycles. The molecule has 0 amide bonds. The van der Waals surface area contributed by atoms with Gasteiger partial charge in [0, 0.05) is 26.0 Å². The standard InChI is InChI=1S/C18H19N5O2/c1-22(11-14-8-5-9-20-10-14)15-16(19)23(18(25)21-17(15)24)12-13-6-3-2-4-7-13/h2-10H,11-12,19H2,1H3,(H,21,24,25). The summed E-state index contributed by atoms with van der Waals surface area (Å²) < 4.78 is 1.37. The van der Waals surface area contributed by atoms with Crippen LogP contribution in [0.3, 0.4) is 0 Å². The van der Waals surface area contributed by atoms with Gasteiger partial charge < -0.3 is 10.6 Å². The van der Waals surface area contributed by atoms with Crippen molar-refractivity contribution in [1.82, 2.24) is 14.5 Å². The Morgan fingerprint density at radius 2 is 1.84 bits per heavy atom. The molecule has 3 rings (SSSR count). The van der Waals surface area contributed by atoms with Crippen molar-refractivity contribution in [3.05, 3.63) is 86.8 Å². The summed E-state index contributed by atoms with van der Waals surface area (Å²) in [7, 11) is 1.76. The van der Waals surface area contributed by atoms with E-state index in [-0.39, 0.29) is 18.1 Å². The van der Waals surface area contributed by atoms with Gasteiger partial charge >= 0.3 is 5.69 Å². The Morgan fingerprint density at radius 1 is 1.12 bits per heavy atom. The molecular formula is C18H19N5O2. The third-order valence-corrected chi connectivity index (χ3v) is 3.92. The monoisotopic (exact) mass is 337 g/mol. The molecule has 0 unspecified atom stereocenters. The zero-order valence-corrected chi connectivity index (χ0v) is 13.8. The summed E-state index contributed by atoms with van der Waals surface area (Å²) in [6.07, 6.45) is 3.41. The molecule has 3 N–H and O–H groups in total. The molecule has 25 heavy (non-hydrogen) atoms. The first-order valence-electron chi connectivity index (χ1n) is 7.83. The van der Waals surface area contributed by atoms with Gasteiger partial charge in [-0.2, -0.15) is 0 Å². The van der Waals surface area contributed by atoms with Crippen LogP contribution in [0.4, 0.5) is 11.5 Å². The van der Waals surface area contributed by atoms with Crippen molar-refractivity contribution >= 4 is 11.5 Å². The van der Waals surface area contributed by atoms with Crippen LogP contribution in [0.15, 0.2) is 64.4 Å². The summed E-state index contributed by atoms with van der Waals surface area (Å²) in [6.45, 7) is 0.737. The number of aromatic amines is 1. The van der Waals surface area contributed by atoms with Gasteiger partial charge in [0.15, 0.2) is 0 Å². The molecule has 0 bridgehead atoms. The first-order chi connectivity index (χ1) is 12.1. The van der Waals surface area contributed by atoms with Gasteiger partial charge in [0.1, 0.15) is 11.5 Å². The number of benzene rings is 1. The van der Waals surface area contributed by atoms with Gasteiger partial charge in [-0.15, -0.1) is 0 Å². The van der Waals surface area contributed by atoms with Crippen LogP contribution in [-0.2, 0) is 13.1 Å². The van der Waals surface area contributed by atoms with Crippen molar-refractivity contribution in [2.24, 2.45) is 0 Å². The molecule has 7 nitrogen and oxygen atoms in total. The van der Waals surface area contributed by atoms with Crippen LogP contribution in [0, 0.1) is 0 Å². The average molecular weight is 337 g/mol. The Morgan fingerprint density at radius 3 is 2.52 bits per heavy atom. The predicted octanol–water partition coefficient (Wildman–Crippen LogP) is 1.20. The molecule has 0 aliphatic carbocycles. The third-order valence-electron chi connectivity index (χ3n) is 3.92. The molecule has 0 radical (unpaired) electrons. The number of hydrogen-bond acceptors (Lipinski definition) is 5. The van der Waals surface area contributed by atoms with E-state index in [0.29, 0.717) is 6.54 Å². The van der Waals surface area contributed by atoms with E-state index in [9.17, 15) is 9.59 Å². The second kappa shape index (κ2) is 7.04. The number of pyridine rings is 1. The molecule has 128 valence electrons. The SMILES string of the molecule is CN(Cc1cccnc1)c1c(N)n(Cc2ccccc2)c(=O)[nH]c1=O. The third kappa shape index (κ3) is 3.60. The fraction of sp³-hybridized carbons (Fsp3) is 0.167.